The summed E-state index contributed by atoms with van der Waals surface area (Å²) in [6, 6.07) is 33.9. The molecule has 0 fully saturated rings. The molecule has 0 aliphatic heterocycles. The van der Waals surface area contributed by atoms with Gasteiger partial charge in [0.05, 0.1) is 5.52 Å². The van der Waals surface area contributed by atoms with Gasteiger partial charge >= 0.3 is 0 Å². The monoisotopic (exact) mass is 588 g/mol. The van der Waals surface area contributed by atoms with Gasteiger partial charge in [-0.15, -0.1) is 5.10 Å². The maximum absolute atomic E-state index is 14.0. The number of rotatable bonds is 10. The largest absolute Gasteiger partial charge is 0.321 e. The number of aromatic nitrogens is 5. The predicted molar refractivity (Wildman–Crippen MR) is 171 cm³/mol. The molecule has 0 amide bonds. The number of H-pyrrole nitrogens is 1. The Hall–Kier alpha value is -4.59. The van der Waals surface area contributed by atoms with Crippen LogP contribution in [0.2, 0.25) is 5.02 Å². The molecule has 2 aromatic heterocycles. The van der Waals surface area contributed by atoms with E-state index in [2.05, 4.69) is 62.7 Å². The van der Waals surface area contributed by atoms with Crippen LogP contribution in [-0.4, -0.2) is 30.1 Å². The van der Waals surface area contributed by atoms with E-state index in [1.807, 2.05) is 84.4 Å². The van der Waals surface area contributed by atoms with Crippen LogP contribution in [0.15, 0.2) is 108 Å². The highest BCUT2D eigenvalue weighted by Crippen LogP contribution is 2.32. The van der Waals surface area contributed by atoms with E-state index in [0.717, 1.165) is 39.6 Å². The smallest absolute Gasteiger partial charge is 0.253 e. The number of fused-ring (bicyclic) bond motifs is 1. The first-order valence-electron chi connectivity index (χ1n) is 14.4. The second-order valence-electron chi connectivity index (χ2n) is 10.9. The lowest BCUT2D eigenvalue weighted by atomic mass is 9.98. The molecule has 0 saturated carbocycles. The van der Waals surface area contributed by atoms with E-state index in [9.17, 15) is 4.79 Å². The van der Waals surface area contributed by atoms with E-state index >= 15 is 0 Å². The zero-order chi connectivity index (χ0) is 29.8. The lowest BCUT2D eigenvalue weighted by molar-refractivity contribution is 0.193. The third-order valence-electron chi connectivity index (χ3n) is 7.95. The number of hydrogen-bond acceptors (Lipinski definition) is 5. The van der Waals surface area contributed by atoms with Crippen molar-refractivity contribution in [1.82, 2.24) is 30.1 Å². The molecule has 216 valence electrons. The molecule has 6 aromatic rings. The number of benzene rings is 4. The van der Waals surface area contributed by atoms with E-state index < -0.39 is 6.04 Å². The third kappa shape index (κ3) is 6.28. The van der Waals surface area contributed by atoms with Crippen molar-refractivity contribution in [3.05, 3.63) is 158 Å². The number of pyridine rings is 1. The second kappa shape index (κ2) is 12.7. The molecule has 0 spiro atoms. The first-order chi connectivity index (χ1) is 21.0. The number of nitrogens with one attached hydrogen (secondary N) is 1. The van der Waals surface area contributed by atoms with Crippen LogP contribution < -0.4 is 5.56 Å². The molecule has 0 saturated heterocycles. The van der Waals surface area contributed by atoms with Crippen molar-refractivity contribution < 1.29 is 0 Å². The molecule has 4 aromatic carbocycles. The Morgan fingerprint density at radius 3 is 2.26 bits per heavy atom. The van der Waals surface area contributed by atoms with E-state index in [4.69, 9.17) is 11.6 Å². The van der Waals surface area contributed by atoms with Crippen LogP contribution in [0.5, 0.6) is 0 Å². The normalized spacial score (nSPS) is 12.2. The van der Waals surface area contributed by atoms with Crippen LogP contribution >= 0.6 is 11.6 Å². The molecule has 0 unspecified atom stereocenters. The SMILES string of the molecule is Cc1ccc(C)c2[nH]c(=O)c([C@H](c3nnnn3CCc3ccccc3)N(Cc3ccccc3)Cc3ccccc3Cl)cc12. The van der Waals surface area contributed by atoms with Gasteiger partial charge in [0.1, 0.15) is 6.04 Å². The van der Waals surface area contributed by atoms with Gasteiger partial charge in [-0.3, -0.25) is 9.69 Å². The van der Waals surface area contributed by atoms with Gasteiger partial charge in [0, 0.05) is 35.6 Å². The lowest BCUT2D eigenvalue weighted by Gasteiger charge is -2.31. The van der Waals surface area contributed by atoms with Crippen LogP contribution in [0.4, 0.5) is 0 Å². The number of aromatic amines is 1. The fourth-order valence-electron chi connectivity index (χ4n) is 5.64. The van der Waals surface area contributed by atoms with Gasteiger partial charge in [-0.2, -0.15) is 0 Å². The van der Waals surface area contributed by atoms with Crippen molar-refractivity contribution in [3.8, 4) is 0 Å². The first kappa shape index (κ1) is 28.5. The zero-order valence-corrected chi connectivity index (χ0v) is 25.0. The molecule has 0 bridgehead atoms. The van der Waals surface area contributed by atoms with Gasteiger partial charge < -0.3 is 4.98 Å². The molecule has 1 atom stereocenters. The van der Waals surface area contributed by atoms with Crippen LogP contribution in [0.25, 0.3) is 10.9 Å². The summed E-state index contributed by atoms with van der Waals surface area (Å²) in [5.74, 6) is 0.606. The first-order valence-corrected chi connectivity index (χ1v) is 14.8. The fraction of sp³-hybridized carbons (Fsp3) is 0.200. The molecule has 43 heavy (non-hydrogen) atoms. The number of tetrazole rings is 1. The molecule has 0 aliphatic carbocycles. The van der Waals surface area contributed by atoms with Crippen LogP contribution in [0.1, 0.15) is 45.2 Å². The third-order valence-corrected chi connectivity index (χ3v) is 8.32. The summed E-state index contributed by atoms with van der Waals surface area (Å²) in [7, 11) is 0. The maximum Gasteiger partial charge on any atom is 0.253 e. The Morgan fingerprint density at radius 1 is 0.837 bits per heavy atom. The number of hydrogen-bond donors (Lipinski definition) is 1. The Labute approximate surface area is 255 Å². The van der Waals surface area contributed by atoms with Crippen molar-refractivity contribution in [2.75, 3.05) is 0 Å². The minimum Gasteiger partial charge on any atom is -0.321 e. The summed E-state index contributed by atoms with van der Waals surface area (Å²) >= 11 is 6.70. The van der Waals surface area contributed by atoms with Crippen molar-refractivity contribution >= 4 is 22.5 Å². The predicted octanol–water partition coefficient (Wildman–Crippen LogP) is 6.82. The van der Waals surface area contributed by atoms with Gasteiger partial charge in [-0.1, -0.05) is 103 Å². The average Bonchev–Trinajstić information content (AvgIpc) is 3.49. The van der Waals surface area contributed by atoms with Crippen molar-refractivity contribution in [2.45, 2.75) is 45.9 Å². The van der Waals surface area contributed by atoms with Gasteiger partial charge in [-0.05, 0) is 70.6 Å². The molecule has 0 radical (unpaired) electrons. The highest BCUT2D eigenvalue weighted by Gasteiger charge is 2.31. The van der Waals surface area contributed by atoms with E-state index in [0.29, 0.717) is 36.0 Å². The standard InChI is InChI=1S/C35H33ClN6O/c1-24-17-18-25(2)32-29(24)21-30(35(43)37-32)33(34-38-39-40-42(34)20-19-26-11-5-3-6-12-26)41(22-27-13-7-4-8-14-27)23-28-15-9-10-16-31(28)36/h3-18,21,33H,19-20,22-23H2,1-2H3,(H,37,43)/t33-/m1/s1. The minimum atomic E-state index is -0.560. The fourth-order valence-corrected chi connectivity index (χ4v) is 5.84. The molecular weight excluding hydrogens is 556 g/mol. The van der Waals surface area contributed by atoms with Gasteiger partial charge in [0.25, 0.3) is 5.56 Å². The maximum atomic E-state index is 14.0. The number of aryl methyl sites for hydroxylation is 4. The lowest BCUT2D eigenvalue weighted by Crippen LogP contribution is -2.35. The molecule has 0 aliphatic rings. The minimum absolute atomic E-state index is 0.166. The average molecular weight is 589 g/mol. The Kier molecular flexibility index (Phi) is 8.45. The van der Waals surface area contributed by atoms with Crippen molar-refractivity contribution in [2.24, 2.45) is 0 Å². The quantitative estimate of drug-likeness (QED) is 0.190. The summed E-state index contributed by atoms with van der Waals surface area (Å²) in [6.45, 7) is 5.67. The second-order valence-corrected chi connectivity index (χ2v) is 11.3. The van der Waals surface area contributed by atoms with E-state index in [1.54, 1.807) is 0 Å². The van der Waals surface area contributed by atoms with Crippen LogP contribution in [0.3, 0.4) is 0 Å². The number of nitrogens with zero attached hydrogens (tertiary/aromatic N) is 5. The van der Waals surface area contributed by atoms with E-state index in [-0.39, 0.29) is 5.56 Å². The Morgan fingerprint density at radius 2 is 1.51 bits per heavy atom. The summed E-state index contributed by atoms with van der Waals surface area (Å²) in [5.41, 5.74) is 6.61. The highest BCUT2D eigenvalue weighted by molar-refractivity contribution is 6.31. The Balaban J connectivity index is 1.52. The molecule has 7 nitrogen and oxygen atoms in total. The molecule has 8 heteroatoms. The topological polar surface area (TPSA) is 79.7 Å². The van der Waals surface area contributed by atoms with Crippen molar-refractivity contribution in [1.29, 1.82) is 0 Å². The highest BCUT2D eigenvalue weighted by atomic mass is 35.5. The van der Waals surface area contributed by atoms with E-state index in [1.165, 1.54) is 5.56 Å². The molecular formula is C35H33ClN6O. The molecule has 6 rings (SSSR count). The van der Waals surface area contributed by atoms with Gasteiger partial charge in [0.15, 0.2) is 5.82 Å². The van der Waals surface area contributed by atoms with Gasteiger partial charge in [0.2, 0.25) is 0 Å². The summed E-state index contributed by atoms with van der Waals surface area (Å²) in [4.78, 5) is 19.4. The zero-order valence-electron chi connectivity index (χ0n) is 24.2. The summed E-state index contributed by atoms with van der Waals surface area (Å²) in [5, 5.41) is 14.8. The van der Waals surface area contributed by atoms with Crippen molar-refractivity contribution in [3.63, 3.8) is 0 Å². The summed E-state index contributed by atoms with van der Waals surface area (Å²) < 4.78 is 1.83. The van der Waals surface area contributed by atoms with Crippen LogP contribution in [-0.2, 0) is 26.1 Å². The van der Waals surface area contributed by atoms with Gasteiger partial charge in [-0.25, -0.2) is 4.68 Å². The molecule has 2 heterocycles. The van der Waals surface area contributed by atoms with Crippen LogP contribution in [0, 0.1) is 13.8 Å². The Bertz CT molecular complexity index is 1900. The number of halogens is 1. The summed E-state index contributed by atoms with van der Waals surface area (Å²) in [6.07, 6.45) is 0.751. The molecule has 1 N–H and O–H groups in total.